The minimum atomic E-state index is -1.96. The maximum absolute atomic E-state index is 14.9. The molecule has 0 spiro atoms. The Kier molecular flexibility index (Phi) is 21.6. The third-order valence-corrected chi connectivity index (χ3v) is 19.0. The number of cyclic esters (lactones) is 1. The van der Waals surface area contributed by atoms with Crippen molar-refractivity contribution >= 4 is 47.5 Å². The molecular formula is C58H92N4O18S. The number of ether oxygens (including phenoxy) is 8. The van der Waals surface area contributed by atoms with Crippen molar-refractivity contribution in [3.05, 3.63) is 35.9 Å². The quantitative estimate of drug-likeness (QED) is 0.0681. The minimum absolute atomic E-state index is 0.0603. The second-order valence-corrected chi connectivity index (χ2v) is 26.6. The van der Waals surface area contributed by atoms with Crippen LogP contribution in [-0.4, -0.2) is 219 Å². The molecule has 0 aliphatic carbocycles. The first-order valence-electron chi connectivity index (χ1n) is 28.5. The number of benzene rings is 1. The molecule has 1 aromatic carbocycles. The van der Waals surface area contributed by atoms with Crippen molar-refractivity contribution in [3.8, 4) is 0 Å². The van der Waals surface area contributed by atoms with Gasteiger partial charge in [0, 0.05) is 49.2 Å². The first kappa shape index (κ1) is 66.1. The second-order valence-electron chi connectivity index (χ2n) is 24.8. The SMILES string of the molecule is CC[C@H]1OC(=O)[C@H](C)[C@@H](OC2C[C@@](C)(OC)[C@@H](OC(=O)C3N4C(=O)C(NC(=O)C(C(=O)O)c5ccccc5)C4SC3(C)C)[C@H](C)O2)[C@H](C)[C@@H](O[C@H]2C[C@@H](N(C)C)C[C@@H](C)O2)[C@](C)(O)C[C@@H](C)CN(C)[C@H](C)[C@H](OC(=O)CCO)[C@@]1(C)O. The first-order chi connectivity index (χ1) is 37.7. The predicted molar refractivity (Wildman–Crippen MR) is 297 cm³/mol. The number of carbonyl (C=O) groups excluding carboxylic acids is 5. The summed E-state index contributed by atoms with van der Waals surface area (Å²) >= 11 is 1.28. The molecular weight excluding hydrogens is 1070 g/mol. The summed E-state index contributed by atoms with van der Waals surface area (Å²) in [7, 11) is 7.26. The number of fused-ring (bicyclic) bond motifs is 1. The summed E-state index contributed by atoms with van der Waals surface area (Å²) < 4.78 is 50.9. The van der Waals surface area contributed by atoms with Crippen molar-refractivity contribution in [1.82, 2.24) is 20.0 Å². The highest BCUT2D eigenvalue weighted by molar-refractivity contribution is 8.01. The van der Waals surface area contributed by atoms with Crippen LogP contribution in [0.15, 0.2) is 30.3 Å². The third kappa shape index (κ3) is 14.6. The van der Waals surface area contributed by atoms with Crippen LogP contribution in [0.3, 0.4) is 0 Å². The van der Waals surface area contributed by atoms with Gasteiger partial charge in [0.15, 0.2) is 24.6 Å². The maximum atomic E-state index is 14.9. The van der Waals surface area contributed by atoms with Gasteiger partial charge < -0.3 is 73.4 Å². The highest BCUT2D eigenvalue weighted by Crippen LogP contribution is 2.52. The highest BCUT2D eigenvalue weighted by Gasteiger charge is 2.66. The normalized spacial score (nSPS) is 40.2. The molecule has 22 nitrogen and oxygen atoms in total. The van der Waals surface area contributed by atoms with Gasteiger partial charge >= 0.3 is 23.9 Å². The standard InChI is InChI=1S/C58H92N4O18S/c1-17-38-58(12,72)47(77-39(64)23-24-63)34(6)61(15)29-30(2)27-56(10,71)46(79-40-26-37(60(13)14)25-31(3)74-40)32(4)44(33(5)53(69)76-38)78-41-28-57(11,73-16)48(35(7)75-41)80-54(70)45-55(8,9)81-51-43(50(66)62(45)51)59-49(65)42(52(67)68)36-21-19-18-20-22-36/h18-22,30-35,37-38,40-48,51,63,71-72H,17,23-29H2,1-16H3,(H,59,65)(H,67,68)/t30-,31-,32+,33-,34-,35+,37+,38-,40+,41?,42?,43?,44+,45?,46-,47+,48+,51?,56-,57-,58+/m1/s1. The fourth-order valence-corrected chi connectivity index (χ4v) is 14.6. The van der Waals surface area contributed by atoms with Gasteiger partial charge in [-0.3, -0.25) is 28.9 Å². The lowest BCUT2D eigenvalue weighted by atomic mass is 9.77. The summed E-state index contributed by atoms with van der Waals surface area (Å²) in [6.45, 7) is 20.9. The number of carboxylic acid groups (broad SMARTS) is 1. The number of hydrogen-bond acceptors (Lipinski definition) is 20. The van der Waals surface area contributed by atoms with Gasteiger partial charge in [0.2, 0.25) is 11.8 Å². The van der Waals surface area contributed by atoms with Gasteiger partial charge in [-0.2, -0.15) is 0 Å². The number of β-lactam (4-membered cyclic amide) rings is 1. The topological polar surface area (TPSA) is 279 Å². The van der Waals surface area contributed by atoms with Crippen LogP contribution >= 0.6 is 11.8 Å². The molecule has 5 heterocycles. The minimum Gasteiger partial charge on any atom is -0.480 e. The molecule has 81 heavy (non-hydrogen) atoms. The Morgan fingerprint density at radius 3 is 2.14 bits per heavy atom. The molecule has 1 aromatic rings. The van der Waals surface area contributed by atoms with Gasteiger partial charge in [0.25, 0.3) is 0 Å². The van der Waals surface area contributed by atoms with Crippen LogP contribution in [0.5, 0.6) is 0 Å². The molecule has 21 atom stereocenters. The monoisotopic (exact) mass is 1160 g/mol. The number of carboxylic acids is 1. The van der Waals surface area contributed by atoms with E-state index in [1.54, 1.807) is 73.6 Å². The van der Waals surface area contributed by atoms with Crippen molar-refractivity contribution in [1.29, 1.82) is 0 Å². The predicted octanol–water partition coefficient (Wildman–Crippen LogP) is 3.83. The molecule has 0 aromatic heterocycles. The molecule has 5 fully saturated rings. The van der Waals surface area contributed by atoms with E-state index < -0.39 is 154 Å². The molecule has 5 saturated heterocycles. The Labute approximate surface area is 481 Å². The Morgan fingerprint density at radius 2 is 1.54 bits per heavy atom. The van der Waals surface area contributed by atoms with Crippen LogP contribution in [-0.2, 0) is 66.7 Å². The van der Waals surface area contributed by atoms with E-state index in [-0.39, 0.29) is 49.3 Å². The molecule has 458 valence electrons. The number of amides is 2. The first-order valence-corrected chi connectivity index (χ1v) is 29.4. The number of nitrogens with one attached hydrogen (secondary N) is 1. The number of likely N-dealkylation sites (N-methyl/N-ethyl adjacent to an activating group) is 1. The van der Waals surface area contributed by atoms with Gasteiger partial charge in [-0.1, -0.05) is 51.1 Å². The van der Waals surface area contributed by atoms with Crippen LogP contribution in [0.1, 0.15) is 133 Å². The van der Waals surface area contributed by atoms with Crippen molar-refractivity contribution in [2.24, 2.45) is 17.8 Å². The number of rotatable bonds is 16. The molecule has 5 N–H and O–H groups in total. The molecule has 5 aliphatic rings. The largest absolute Gasteiger partial charge is 0.480 e. The molecule has 0 bridgehead atoms. The summed E-state index contributed by atoms with van der Waals surface area (Å²) in [5, 5.41) is 47.0. The van der Waals surface area contributed by atoms with Crippen LogP contribution in [0, 0.1) is 17.8 Å². The number of thioether (sulfide) groups is 1. The zero-order valence-corrected chi connectivity index (χ0v) is 51.0. The van der Waals surface area contributed by atoms with E-state index in [2.05, 4.69) is 10.2 Å². The summed E-state index contributed by atoms with van der Waals surface area (Å²) in [6.07, 6.45) is -7.67. The Balaban J connectivity index is 1.30. The molecule has 0 saturated carbocycles. The Hall–Kier alpha value is -4.01. The van der Waals surface area contributed by atoms with Gasteiger partial charge in [0.05, 0.1) is 49.0 Å². The van der Waals surface area contributed by atoms with Crippen molar-refractivity contribution < 1.29 is 87.1 Å². The number of hydrogen-bond donors (Lipinski definition) is 5. The zero-order chi connectivity index (χ0) is 60.4. The molecule has 5 aliphatic heterocycles. The smallest absolute Gasteiger partial charge is 0.330 e. The van der Waals surface area contributed by atoms with E-state index >= 15 is 0 Å². The number of aliphatic hydroxyl groups is 3. The molecule has 0 radical (unpaired) electrons. The van der Waals surface area contributed by atoms with Crippen molar-refractivity contribution in [3.63, 3.8) is 0 Å². The number of methoxy groups -OCH3 is 1. The number of nitrogens with zero attached hydrogens (tertiary/aromatic N) is 3. The van der Waals surface area contributed by atoms with E-state index in [1.165, 1.54) is 42.8 Å². The zero-order valence-electron chi connectivity index (χ0n) is 50.2. The van der Waals surface area contributed by atoms with Crippen molar-refractivity contribution in [2.75, 3.05) is 41.4 Å². The number of esters is 3. The van der Waals surface area contributed by atoms with E-state index in [9.17, 15) is 49.2 Å². The lowest BCUT2D eigenvalue weighted by Gasteiger charge is -2.49. The van der Waals surface area contributed by atoms with E-state index in [0.29, 0.717) is 13.0 Å². The van der Waals surface area contributed by atoms with E-state index in [0.717, 1.165) is 6.42 Å². The number of aliphatic carboxylic acids is 1. The lowest BCUT2D eigenvalue weighted by Crippen LogP contribution is -2.71. The van der Waals surface area contributed by atoms with Crippen LogP contribution < -0.4 is 5.32 Å². The average Bonchev–Trinajstić information content (AvgIpc) is 3.94. The Bertz CT molecular complexity index is 2360. The number of carbonyl (C=O) groups is 6. The summed E-state index contributed by atoms with van der Waals surface area (Å²) in [4.78, 5) is 87.7. The third-order valence-electron chi connectivity index (χ3n) is 17.5. The van der Waals surface area contributed by atoms with Crippen molar-refractivity contribution in [2.45, 2.75) is 234 Å². The van der Waals surface area contributed by atoms with Crippen LogP contribution in [0.25, 0.3) is 0 Å². The summed E-state index contributed by atoms with van der Waals surface area (Å²) in [5.74, 6) is -8.88. The fourth-order valence-electron chi connectivity index (χ4n) is 13.0. The van der Waals surface area contributed by atoms with Gasteiger partial charge in [0.1, 0.15) is 40.9 Å². The van der Waals surface area contributed by atoms with E-state index in [4.69, 9.17) is 37.9 Å². The summed E-state index contributed by atoms with van der Waals surface area (Å²) in [6, 6.07) is 5.19. The lowest BCUT2D eigenvalue weighted by molar-refractivity contribution is -0.310. The molecule has 2 amide bonds. The summed E-state index contributed by atoms with van der Waals surface area (Å²) in [5.41, 5.74) is -4.65. The van der Waals surface area contributed by atoms with Crippen LogP contribution in [0.2, 0.25) is 0 Å². The second kappa shape index (κ2) is 26.5. The van der Waals surface area contributed by atoms with Gasteiger partial charge in [-0.25, -0.2) is 4.79 Å². The Morgan fingerprint density at radius 1 is 0.889 bits per heavy atom. The molecule has 23 heteroatoms. The van der Waals surface area contributed by atoms with E-state index in [1.807, 2.05) is 46.8 Å². The average molecular weight is 1170 g/mol. The van der Waals surface area contributed by atoms with Gasteiger partial charge in [-0.05, 0) is 114 Å². The van der Waals surface area contributed by atoms with Crippen LogP contribution in [0.4, 0.5) is 0 Å². The maximum Gasteiger partial charge on any atom is 0.330 e. The van der Waals surface area contributed by atoms with Gasteiger partial charge in [-0.15, -0.1) is 11.8 Å². The molecule has 5 unspecified atom stereocenters. The molecule has 6 rings (SSSR count). The fraction of sp³-hybridized carbons (Fsp3) is 0.793. The highest BCUT2D eigenvalue weighted by atomic mass is 32.2. The number of aliphatic hydroxyl groups excluding tert-OH is 1.